The van der Waals surface area contributed by atoms with Gasteiger partial charge in [0, 0.05) is 11.7 Å². The summed E-state index contributed by atoms with van der Waals surface area (Å²) in [7, 11) is 0. The van der Waals surface area contributed by atoms with Crippen LogP contribution in [0.15, 0.2) is 18.2 Å². The second-order valence-corrected chi connectivity index (χ2v) is 5.52. The molecule has 0 spiro atoms. The molecule has 0 saturated heterocycles. The quantitative estimate of drug-likeness (QED) is 0.813. The first kappa shape index (κ1) is 13.7. The third-order valence-electron chi connectivity index (χ3n) is 3.44. The average molecular weight is 272 g/mol. The van der Waals surface area contributed by atoms with Crippen molar-refractivity contribution < 1.29 is 18.0 Å². The maximum absolute atomic E-state index is 12.6. The number of rotatable bonds is 2. The lowest BCUT2D eigenvalue weighted by Crippen LogP contribution is -2.29. The highest BCUT2D eigenvalue weighted by molar-refractivity contribution is 5.99. The van der Waals surface area contributed by atoms with Crippen LogP contribution in [0, 0.1) is 5.41 Å². The lowest BCUT2D eigenvalue weighted by molar-refractivity contribution is -0.137. The molecule has 1 fully saturated rings. The Morgan fingerprint density at radius 3 is 2.47 bits per heavy atom. The van der Waals surface area contributed by atoms with Gasteiger partial charge in [0.15, 0.2) is 0 Å². The standard InChI is InChI=1S/C13H15F3N2O/c1-12(2)6-10(12)18-11(19)8-5-7(13(14,15)16)3-4-9(8)17/h3-5,10H,6,17H2,1-2H3,(H,18,19). The first-order valence-corrected chi connectivity index (χ1v) is 5.89. The molecule has 1 aromatic carbocycles. The summed E-state index contributed by atoms with van der Waals surface area (Å²) in [6.07, 6.45) is -3.67. The molecule has 104 valence electrons. The molecule has 2 rings (SSSR count). The van der Waals surface area contributed by atoms with E-state index in [1.807, 2.05) is 13.8 Å². The maximum atomic E-state index is 12.6. The number of amides is 1. The highest BCUT2D eigenvalue weighted by atomic mass is 19.4. The summed E-state index contributed by atoms with van der Waals surface area (Å²) in [6.45, 7) is 3.96. The van der Waals surface area contributed by atoms with Crippen molar-refractivity contribution in [1.82, 2.24) is 5.32 Å². The molecule has 1 atom stereocenters. The number of halogens is 3. The molecule has 19 heavy (non-hydrogen) atoms. The number of hydrogen-bond donors (Lipinski definition) is 2. The van der Waals surface area contributed by atoms with Crippen LogP contribution in [0.25, 0.3) is 0 Å². The SMILES string of the molecule is CC1(C)CC1NC(=O)c1cc(C(F)(F)F)ccc1N. The van der Waals surface area contributed by atoms with E-state index in [0.717, 1.165) is 24.6 Å². The van der Waals surface area contributed by atoms with Crippen LogP contribution in [-0.4, -0.2) is 11.9 Å². The number of anilines is 1. The monoisotopic (exact) mass is 272 g/mol. The summed E-state index contributed by atoms with van der Waals surface area (Å²) in [5.41, 5.74) is 4.62. The van der Waals surface area contributed by atoms with Gasteiger partial charge in [-0.2, -0.15) is 13.2 Å². The molecule has 3 N–H and O–H groups in total. The summed E-state index contributed by atoms with van der Waals surface area (Å²) in [6, 6.07) is 2.76. The van der Waals surface area contributed by atoms with E-state index in [4.69, 9.17) is 5.73 Å². The van der Waals surface area contributed by atoms with Crippen molar-refractivity contribution in [2.75, 3.05) is 5.73 Å². The molecule has 0 heterocycles. The van der Waals surface area contributed by atoms with Crippen molar-refractivity contribution in [2.45, 2.75) is 32.5 Å². The van der Waals surface area contributed by atoms with Crippen LogP contribution in [0.4, 0.5) is 18.9 Å². The van der Waals surface area contributed by atoms with Gasteiger partial charge in [0.2, 0.25) is 0 Å². The Kier molecular flexibility index (Phi) is 2.99. The minimum absolute atomic E-state index is 0.00561. The van der Waals surface area contributed by atoms with Crippen LogP contribution in [0.2, 0.25) is 0 Å². The fraction of sp³-hybridized carbons (Fsp3) is 0.462. The molecule has 6 heteroatoms. The Balaban J connectivity index is 2.21. The number of nitrogen functional groups attached to an aromatic ring is 1. The van der Waals surface area contributed by atoms with E-state index in [0.29, 0.717) is 0 Å². The van der Waals surface area contributed by atoms with Crippen LogP contribution in [0.5, 0.6) is 0 Å². The first-order valence-electron chi connectivity index (χ1n) is 5.89. The molecule has 1 saturated carbocycles. The highest BCUT2D eigenvalue weighted by Crippen LogP contribution is 2.44. The van der Waals surface area contributed by atoms with Crippen LogP contribution in [-0.2, 0) is 6.18 Å². The second kappa shape index (κ2) is 4.15. The number of carbonyl (C=O) groups is 1. The van der Waals surface area contributed by atoms with Gasteiger partial charge in [-0.05, 0) is 30.0 Å². The normalized spacial score (nSPS) is 21.0. The summed E-state index contributed by atoms with van der Waals surface area (Å²) in [5.74, 6) is -0.556. The number of nitrogens with one attached hydrogen (secondary N) is 1. The topological polar surface area (TPSA) is 55.1 Å². The van der Waals surface area contributed by atoms with Gasteiger partial charge in [-0.25, -0.2) is 0 Å². The van der Waals surface area contributed by atoms with Gasteiger partial charge >= 0.3 is 6.18 Å². The van der Waals surface area contributed by atoms with Crippen molar-refractivity contribution in [3.8, 4) is 0 Å². The highest BCUT2D eigenvalue weighted by Gasteiger charge is 2.46. The van der Waals surface area contributed by atoms with E-state index >= 15 is 0 Å². The molecule has 0 radical (unpaired) electrons. The van der Waals surface area contributed by atoms with Gasteiger partial charge in [0.05, 0.1) is 11.1 Å². The van der Waals surface area contributed by atoms with E-state index < -0.39 is 17.6 Å². The number of hydrogen-bond acceptors (Lipinski definition) is 2. The van der Waals surface area contributed by atoms with Crippen LogP contribution < -0.4 is 11.1 Å². The zero-order chi connectivity index (χ0) is 14.4. The minimum Gasteiger partial charge on any atom is -0.398 e. The Labute approximate surface area is 109 Å². The molecular formula is C13H15F3N2O. The summed E-state index contributed by atoms with van der Waals surface area (Å²) >= 11 is 0. The van der Waals surface area contributed by atoms with Gasteiger partial charge < -0.3 is 11.1 Å². The molecule has 0 aromatic heterocycles. The second-order valence-electron chi connectivity index (χ2n) is 5.52. The van der Waals surface area contributed by atoms with Crippen molar-refractivity contribution >= 4 is 11.6 Å². The zero-order valence-electron chi connectivity index (χ0n) is 10.6. The maximum Gasteiger partial charge on any atom is 0.416 e. The fourth-order valence-corrected chi connectivity index (χ4v) is 1.88. The van der Waals surface area contributed by atoms with Gasteiger partial charge in [-0.15, -0.1) is 0 Å². The number of carbonyl (C=O) groups excluding carboxylic acids is 1. The molecule has 0 aliphatic heterocycles. The van der Waals surface area contributed by atoms with E-state index in [2.05, 4.69) is 5.32 Å². The van der Waals surface area contributed by atoms with Crippen LogP contribution >= 0.6 is 0 Å². The molecular weight excluding hydrogens is 257 g/mol. The summed E-state index contributed by atoms with van der Waals surface area (Å²) in [4.78, 5) is 11.9. The van der Waals surface area contributed by atoms with Crippen molar-refractivity contribution in [1.29, 1.82) is 0 Å². The Morgan fingerprint density at radius 2 is 2.00 bits per heavy atom. The van der Waals surface area contributed by atoms with Crippen molar-refractivity contribution in [3.63, 3.8) is 0 Å². The van der Waals surface area contributed by atoms with E-state index in [1.165, 1.54) is 0 Å². The van der Waals surface area contributed by atoms with Crippen molar-refractivity contribution in [3.05, 3.63) is 29.3 Å². The fourth-order valence-electron chi connectivity index (χ4n) is 1.88. The number of nitrogens with two attached hydrogens (primary N) is 1. The molecule has 0 bridgehead atoms. The lowest BCUT2D eigenvalue weighted by Gasteiger charge is -2.12. The van der Waals surface area contributed by atoms with Gasteiger partial charge in [-0.1, -0.05) is 13.8 Å². The third-order valence-corrected chi connectivity index (χ3v) is 3.44. The number of alkyl halides is 3. The lowest BCUT2D eigenvalue weighted by atomic mass is 10.1. The molecule has 1 unspecified atom stereocenters. The van der Waals surface area contributed by atoms with Crippen LogP contribution in [0.3, 0.4) is 0 Å². The van der Waals surface area contributed by atoms with Gasteiger partial charge in [-0.3, -0.25) is 4.79 Å². The predicted octanol–water partition coefficient (Wildman–Crippen LogP) is 2.82. The average Bonchev–Trinajstić information content (AvgIpc) is 2.84. The Bertz CT molecular complexity index is 523. The third kappa shape index (κ3) is 2.83. The molecule has 3 nitrogen and oxygen atoms in total. The Hall–Kier alpha value is -1.72. The molecule has 1 amide bonds. The number of benzene rings is 1. The van der Waals surface area contributed by atoms with Gasteiger partial charge in [0.25, 0.3) is 5.91 Å². The van der Waals surface area contributed by atoms with E-state index in [-0.39, 0.29) is 22.7 Å². The first-order chi connectivity index (χ1) is 8.61. The van der Waals surface area contributed by atoms with Gasteiger partial charge in [0.1, 0.15) is 0 Å². The van der Waals surface area contributed by atoms with Crippen molar-refractivity contribution in [2.24, 2.45) is 5.41 Å². The molecule has 1 aliphatic rings. The summed E-state index contributed by atoms with van der Waals surface area (Å²) in [5, 5.41) is 2.69. The minimum atomic E-state index is -4.48. The van der Waals surface area contributed by atoms with E-state index in [9.17, 15) is 18.0 Å². The predicted molar refractivity (Wildman–Crippen MR) is 65.5 cm³/mol. The zero-order valence-corrected chi connectivity index (χ0v) is 10.6. The smallest absolute Gasteiger partial charge is 0.398 e. The van der Waals surface area contributed by atoms with E-state index in [1.54, 1.807) is 0 Å². The Morgan fingerprint density at radius 1 is 1.42 bits per heavy atom. The van der Waals surface area contributed by atoms with Crippen LogP contribution in [0.1, 0.15) is 36.2 Å². The largest absolute Gasteiger partial charge is 0.416 e. The summed E-state index contributed by atoms with van der Waals surface area (Å²) < 4.78 is 37.8. The molecule has 1 aromatic rings. The molecule has 1 aliphatic carbocycles.